The van der Waals surface area contributed by atoms with Crippen LogP contribution in [0.15, 0.2) is 24.3 Å². The van der Waals surface area contributed by atoms with E-state index in [9.17, 15) is 4.79 Å². The van der Waals surface area contributed by atoms with Crippen LogP contribution in [0.25, 0.3) is 0 Å². The highest BCUT2D eigenvalue weighted by atomic mass is 16.1. The van der Waals surface area contributed by atoms with Gasteiger partial charge in [-0.05, 0) is 18.1 Å². The molecule has 1 nitrogen and oxygen atoms in total. The molecule has 1 rings (SSSR count). The minimum atomic E-state index is 0.0243. The Bertz CT molecular complexity index is 253. The van der Waals surface area contributed by atoms with Gasteiger partial charge in [0.1, 0.15) is 6.29 Å². The van der Waals surface area contributed by atoms with E-state index in [0.717, 1.165) is 11.8 Å². The molecule has 0 saturated heterocycles. The van der Waals surface area contributed by atoms with E-state index < -0.39 is 0 Å². The fourth-order valence-electron chi connectivity index (χ4n) is 1.17. The zero-order valence-corrected chi connectivity index (χ0v) is 8.87. The van der Waals surface area contributed by atoms with Gasteiger partial charge < -0.3 is 4.79 Å². The van der Waals surface area contributed by atoms with E-state index in [0.29, 0.717) is 0 Å². The number of hydrogen-bond donors (Lipinski definition) is 0. The summed E-state index contributed by atoms with van der Waals surface area (Å²) in [5.74, 6) is 0.0243. The molecule has 0 spiro atoms. The van der Waals surface area contributed by atoms with Gasteiger partial charge in [0.25, 0.3) is 0 Å². The van der Waals surface area contributed by atoms with Crippen molar-refractivity contribution < 1.29 is 4.79 Å². The monoisotopic (exact) mass is 178 g/mol. The predicted molar refractivity (Wildman–Crippen MR) is 57.0 cm³/mol. The average molecular weight is 178 g/mol. The highest BCUT2D eigenvalue weighted by Gasteiger charge is 2.04. The van der Waals surface area contributed by atoms with Crippen LogP contribution >= 0.6 is 0 Å². The van der Waals surface area contributed by atoms with Crippen LogP contribution in [0.5, 0.6) is 0 Å². The number of hydrogen-bond acceptors (Lipinski definition) is 1. The van der Waals surface area contributed by atoms with E-state index in [4.69, 9.17) is 0 Å². The van der Waals surface area contributed by atoms with E-state index in [1.165, 1.54) is 5.56 Å². The minimum Gasteiger partial charge on any atom is -0.303 e. The van der Waals surface area contributed by atoms with Crippen molar-refractivity contribution in [3.8, 4) is 0 Å². The molecule has 0 aromatic heterocycles. The largest absolute Gasteiger partial charge is 0.303 e. The molecule has 13 heavy (non-hydrogen) atoms. The van der Waals surface area contributed by atoms with Gasteiger partial charge in [0.05, 0.1) is 0 Å². The highest BCUT2D eigenvalue weighted by Crippen LogP contribution is 2.16. The summed E-state index contributed by atoms with van der Waals surface area (Å²) in [4.78, 5) is 10.5. The summed E-state index contributed by atoms with van der Waals surface area (Å²) in [7, 11) is 0. The first kappa shape index (κ1) is 11.9. The number of aldehydes is 1. The molecule has 0 aliphatic rings. The minimum absolute atomic E-state index is 0.0243. The standard InChI is InChI=1S/C10H12O.C2H6/c1-8-5-3-4-6-10(8)9(2)7-11;1-2/h3-7,9H,1-2H3;1-2H3. The Morgan fingerprint density at radius 1 is 1.23 bits per heavy atom. The van der Waals surface area contributed by atoms with Gasteiger partial charge in [-0.3, -0.25) is 0 Å². The molecule has 1 heteroatoms. The van der Waals surface area contributed by atoms with Crippen LogP contribution < -0.4 is 0 Å². The molecule has 0 heterocycles. The summed E-state index contributed by atoms with van der Waals surface area (Å²) in [6.07, 6.45) is 0.975. The first-order valence-electron chi connectivity index (χ1n) is 4.76. The van der Waals surface area contributed by atoms with E-state index in [2.05, 4.69) is 0 Å². The summed E-state index contributed by atoms with van der Waals surface area (Å²) >= 11 is 0. The van der Waals surface area contributed by atoms with Gasteiger partial charge in [-0.1, -0.05) is 45.0 Å². The van der Waals surface area contributed by atoms with Crippen LogP contribution in [0, 0.1) is 6.92 Å². The Hall–Kier alpha value is -1.11. The molecular formula is C12H18O. The molecule has 1 atom stereocenters. The summed E-state index contributed by atoms with van der Waals surface area (Å²) in [6, 6.07) is 7.96. The molecular weight excluding hydrogens is 160 g/mol. The van der Waals surface area contributed by atoms with E-state index in [-0.39, 0.29) is 5.92 Å². The van der Waals surface area contributed by atoms with Gasteiger partial charge in [0.2, 0.25) is 0 Å². The van der Waals surface area contributed by atoms with Gasteiger partial charge in [-0.25, -0.2) is 0 Å². The fourth-order valence-corrected chi connectivity index (χ4v) is 1.17. The van der Waals surface area contributed by atoms with Crippen molar-refractivity contribution in [1.82, 2.24) is 0 Å². The SMILES string of the molecule is CC.Cc1ccccc1C(C)C=O. The topological polar surface area (TPSA) is 17.1 Å². The third kappa shape index (κ3) is 3.41. The van der Waals surface area contributed by atoms with Gasteiger partial charge in [0, 0.05) is 5.92 Å². The molecule has 0 N–H and O–H groups in total. The van der Waals surface area contributed by atoms with Gasteiger partial charge in [0.15, 0.2) is 0 Å². The second-order valence-electron chi connectivity index (χ2n) is 2.78. The Morgan fingerprint density at radius 2 is 1.77 bits per heavy atom. The smallest absolute Gasteiger partial charge is 0.127 e. The lowest BCUT2D eigenvalue weighted by molar-refractivity contribution is -0.108. The molecule has 0 bridgehead atoms. The summed E-state index contributed by atoms with van der Waals surface area (Å²) in [6.45, 7) is 7.94. The van der Waals surface area contributed by atoms with Gasteiger partial charge in [-0.2, -0.15) is 0 Å². The maximum Gasteiger partial charge on any atom is 0.127 e. The van der Waals surface area contributed by atoms with Crippen LogP contribution in [-0.4, -0.2) is 6.29 Å². The number of benzene rings is 1. The first-order valence-corrected chi connectivity index (χ1v) is 4.76. The Labute approximate surface area is 80.8 Å². The van der Waals surface area contributed by atoms with Crippen molar-refractivity contribution in [2.75, 3.05) is 0 Å². The van der Waals surface area contributed by atoms with Crippen molar-refractivity contribution in [3.05, 3.63) is 35.4 Å². The lowest BCUT2D eigenvalue weighted by Gasteiger charge is -2.06. The third-order valence-electron chi connectivity index (χ3n) is 1.88. The summed E-state index contributed by atoms with van der Waals surface area (Å²) in [5, 5.41) is 0. The molecule has 1 aromatic rings. The molecule has 1 unspecified atom stereocenters. The van der Waals surface area contributed by atoms with Crippen molar-refractivity contribution in [3.63, 3.8) is 0 Å². The Balaban J connectivity index is 0.000000671. The van der Waals surface area contributed by atoms with Crippen molar-refractivity contribution in [2.24, 2.45) is 0 Å². The molecule has 72 valence electrons. The molecule has 0 aliphatic heterocycles. The third-order valence-corrected chi connectivity index (χ3v) is 1.88. The zero-order valence-electron chi connectivity index (χ0n) is 8.87. The molecule has 0 radical (unpaired) electrons. The van der Waals surface area contributed by atoms with Crippen molar-refractivity contribution >= 4 is 6.29 Å². The van der Waals surface area contributed by atoms with E-state index in [1.807, 2.05) is 52.0 Å². The summed E-state index contributed by atoms with van der Waals surface area (Å²) in [5.41, 5.74) is 2.31. The van der Waals surface area contributed by atoms with Crippen LogP contribution in [0.1, 0.15) is 37.8 Å². The van der Waals surface area contributed by atoms with Crippen LogP contribution in [0.2, 0.25) is 0 Å². The van der Waals surface area contributed by atoms with Crippen LogP contribution in [0.4, 0.5) is 0 Å². The first-order chi connectivity index (χ1) is 6.25. The van der Waals surface area contributed by atoms with Crippen molar-refractivity contribution in [1.29, 1.82) is 0 Å². The fraction of sp³-hybridized carbons (Fsp3) is 0.417. The van der Waals surface area contributed by atoms with E-state index in [1.54, 1.807) is 0 Å². The number of aryl methyl sites for hydroxylation is 1. The van der Waals surface area contributed by atoms with Crippen LogP contribution in [-0.2, 0) is 4.79 Å². The molecule has 0 aliphatic carbocycles. The zero-order chi connectivity index (χ0) is 10.3. The number of rotatable bonds is 2. The van der Waals surface area contributed by atoms with Crippen molar-refractivity contribution in [2.45, 2.75) is 33.6 Å². The normalized spacial score (nSPS) is 11.1. The maximum atomic E-state index is 10.5. The van der Waals surface area contributed by atoms with Crippen LogP contribution in [0.3, 0.4) is 0 Å². The maximum absolute atomic E-state index is 10.5. The van der Waals surface area contributed by atoms with Gasteiger partial charge >= 0.3 is 0 Å². The number of carbonyl (C=O) groups is 1. The second kappa shape index (κ2) is 6.41. The molecule has 0 saturated carbocycles. The Morgan fingerprint density at radius 3 is 2.23 bits per heavy atom. The summed E-state index contributed by atoms with van der Waals surface area (Å²) < 4.78 is 0. The van der Waals surface area contributed by atoms with Gasteiger partial charge in [-0.15, -0.1) is 0 Å². The Kier molecular flexibility index (Phi) is 5.86. The molecule has 0 amide bonds. The lowest BCUT2D eigenvalue weighted by atomic mass is 9.98. The lowest BCUT2D eigenvalue weighted by Crippen LogP contribution is -1.96. The average Bonchev–Trinajstić information content (AvgIpc) is 2.20. The molecule has 1 aromatic carbocycles. The van der Waals surface area contributed by atoms with E-state index >= 15 is 0 Å². The number of carbonyl (C=O) groups excluding carboxylic acids is 1. The predicted octanol–water partition coefficient (Wildman–Crippen LogP) is 3.32. The highest BCUT2D eigenvalue weighted by molar-refractivity contribution is 5.62. The second-order valence-corrected chi connectivity index (χ2v) is 2.78. The quantitative estimate of drug-likeness (QED) is 0.635. The molecule has 0 fully saturated rings.